The maximum atomic E-state index is 10.7. The van der Waals surface area contributed by atoms with Crippen molar-refractivity contribution < 1.29 is 4.42 Å². The SMILES string of the molecule is Nc1cc(Cl)ccc1-c1n[nH]c(=O)o1. The van der Waals surface area contributed by atoms with Crippen molar-refractivity contribution in [3.8, 4) is 11.5 Å². The summed E-state index contributed by atoms with van der Waals surface area (Å²) in [6.07, 6.45) is 0. The third-order valence-corrected chi connectivity index (χ3v) is 1.92. The van der Waals surface area contributed by atoms with Crippen molar-refractivity contribution in [1.29, 1.82) is 0 Å². The topological polar surface area (TPSA) is 84.9 Å². The van der Waals surface area contributed by atoms with Gasteiger partial charge in [-0.2, -0.15) is 0 Å². The molecule has 2 aromatic rings. The van der Waals surface area contributed by atoms with Gasteiger partial charge in [-0.05, 0) is 18.2 Å². The Morgan fingerprint density at radius 3 is 2.86 bits per heavy atom. The molecule has 6 heteroatoms. The number of halogens is 1. The van der Waals surface area contributed by atoms with Crippen LogP contribution in [0.2, 0.25) is 5.02 Å². The minimum Gasteiger partial charge on any atom is -0.398 e. The second-order valence-corrected chi connectivity index (χ2v) is 3.09. The molecule has 0 radical (unpaired) electrons. The fourth-order valence-corrected chi connectivity index (χ4v) is 1.25. The summed E-state index contributed by atoms with van der Waals surface area (Å²) < 4.78 is 4.74. The zero-order valence-corrected chi connectivity index (χ0v) is 7.71. The molecule has 0 amide bonds. The van der Waals surface area contributed by atoms with Crippen LogP contribution in [0.25, 0.3) is 11.5 Å². The molecule has 0 aliphatic rings. The van der Waals surface area contributed by atoms with E-state index in [1.165, 1.54) is 0 Å². The van der Waals surface area contributed by atoms with Crippen LogP contribution in [0.4, 0.5) is 5.69 Å². The number of aromatic amines is 1. The van der Waals surface area contributed by atoms with Crippen molar-refractivity contribution >= 4 is 17.3 Å². The number of rotatable bonds is 1. The third kappa shape index (κ3) is 1.49. The van der Waals surface area contributed by atoms with Gasteiger partial charge in [0.25, 0.3) is 5.89 Å². The van der Waals surface area contributed by atoms with Gasteiger partial charge in [0, 0.05) is 10.7 Å². The molecule has 0 atom stereocenters. The molecular weight excluding hydrogens is 206 g/mol. The highest BCUT2D eigenvalue weighted by molar-refractivity contribution is 6.31. The normalized spacial score (nSPS) is 10.4. The van der Waals surface area contributed by atoms with E-state index in [1.807, 2.05) is 0 Å². The van der Waals surface area contributed by atoms with Gasteiger partial charge in [-0.25, -0.2) is 9.89 Å². The summed E-state index contributed by atoms with van der Waals surface area (Å²) in [5, 5.41) is 6.32. The summed E-state index contributed by atoms with van der Waals surface area (Å²) in [4.78, 5) is 10.7. The Bertz CT molecular complexity index is 517. The first-order valence-electron chi connectivity index (χ1n) is 3.78. The Kier molecular flexibility index (Phi) is 2.01. The maximum absolute atomic E-state index is 10.7. The number of aromatic nitrogens is 2. The van der Waals surface area contributed by atoms with Gasteiger partial charge in [-0.1, -0.05) is 11.6 Å². The van der Waals surface area contributed by atoms with E-state index >= 15 is 0 Å². The molecule has 5 nitrogen and oxygen atoms in total. The fraction of sp³-hybridized carbons (Fsp3) is 0. The van der Waals surface area contributed by atoms with Gasteiger partial charge in [0.2, 0.25) is 0 Å². The lowest BCUT2D eigenvalue weighted by Crippen LogP contribution is -1.93. The summed E-state index contributed by atoms with van der Waals surface area (Å²) in [6.45, 7) is 0. The summed E-state index contributed by atoms with van der Waals surface area (Å²) in [5.41, 5.74) is 6.61. The molecule has 14 heavy (non-hydrogen) atoms. The molecule has 1 aromatic heterocycles. The minimum atomic E-state index is -0.616. The Balaban J connectivity index is 2.57. The highest BCUT2D eigenvalue weighted by atomic mass is 35.5. The summed E-state index contributed by atoms with van der Waals surface area (Å²) in [6, 6.07) is 4.84. The first-order chi connectivity index (χ1) is 6.66. The van der Waals surface area contributed by atoms with Crippen LogP contribution in [0.1, 0.15) is 0 Å². The number of benzene rings is 1. The standard InChI is InChI=1S/C8H6ClN3O2/c9-4-1-2-5(6(10)3-4)7-11-12-8(13)14-7/h1-3H,10H2,(H,12,13). The number of nitrogens with zero attached hydrogens (tertiary/aromatic N) is 1. The number of nitrogens with two attached hydrogens (primary N) is 1. The molecule has 0 aliphatic heterocycles. The molecule has 0 aliphatic carbocycles. The molecule has 72 valence electrons. The zero-order valence-electron chi connectivity index (χ0n) is 6.95. The monoisotopic (exact) mass is 211 g/mol. The van der Waals surface area contributed by atoms with Crippen LogP contribution in [0.15, 0.2) is 27.4 Å². The quantitative estimate of drug-likeness (QED) is 0.696. The predicted molar refractivity (Wildman–Crippen MR) is 52.0 cm³/mol. The van der Waals surface area contributed by atoms with Crippen LogP contribution in [0, 0.1) is 0 Å². The van der Waals surface area contributed by atoms with Gasteiger partial charge in [-0.3, -0.25) is 0 Å². The number of hydrogen-bond donors (Lipinski definition) is 2. The average Bonchev–Trinajstić information content (AvgIpc) is 2.51. The third-order valence-electron chi connectivity index (χ3n) is 1.68. The highest BCUT2D eigenvalue weighted by Crippen LogP contribution is 2.25. The average molecular weight is 212 g/mol. The Morgan fingerprint density at radius 1 is 1.50 bits per heavy atom. The highest BCUT2D eigenvalue weighted by Gasteiger charge is 2.08. The first-order valence-corrected chi connectivity index (χ1v) is 4.15. The second kappa shape index (κ2) is 3.19. The van der Waals surface area contributed by atoms with Gasteiger partial charge in [0.15, 0.2) is 0 Å². The molecular formula is C8H6ClN3O2. The minimum absolute atomic E-state index is 0.157. The molecule has 1 aromatic carbocycles. The molecule has 0 fully saturated rings. The van der Waals surface area contributed by atoms with Crippen LogP contribution in [0.5, 0.6) is 0 Å². The largest absolute Gasteiger partial charge is 0.434 e. The van der Waals surface area contributed by atoms with E-state index in [0.717, 1.165) is 0 Å². The van der Waals surface area contributed by atoms with Crippen molar-refractivity contribution in [2.24, 2.45) is 0 Å². The molecule has 0 saturated heterocycles. The fourth-order valence-electron chi connectivity index (χ4n) is 1.07. The Hall–Kier alpha value is -1.75. The van der Waals surface area contributed by atoms with E-state index in [-0.39, 0.29) is 5.89 Å². The van der Waals surface area contributed by atoms with Crippen molar-refractivity contribution in [3.63, 3.8) is 0 Å². The lowest BCUT2D eigenvalue weighted by molar-refractivity contribution is 0.527. The van der Waals surface area contributed by atoms with Crippen molar-refractivity contribution in [1.82, 2.24) is 10.2 Å². The van der Waals surface area contributed by atoms with Crippen LogP contribution >= 0.6 is 11.6 Å². The Labute approximate surface area is 83.5 Å². The van der Waals surface area contributed by atoms with E-state index < -0.39 is 5.76 Å². The van der Waals surface area contributed by atoms with Crippen LogP contribution in [0.3, 0.4) is 0 Å². The number of anilines is 1. The van der Waals surface area contributed by atoms with E-state index in [2.05, 4.69) is 10.2 Å². The lowest BCUT2D eigenvalue weighted by atomic mass is 10.2. The van der Waals surface area contributed by atoms with E-state index in [9.17, 15) is 4.79 Å². The van der Waals surface area contributed by atoms with Crippen LogP contribution in [-0.4, -0.2) is 10.2 Å². The number of nitrogens with one attached hydrogen (secondary N) is 1. The smallest absolute Gasteiger partial charge is 0.398 e. The molecule has 3 N–H and O–H groups in total. The number of nitrogen functional groups attached to an aromatic ring is 1. The van der Waals surface area contributed by atoms with Gasteiger partial charge < -0.3 is 10.2 Å². The molecule has 0 spiro atoms. The van der Waals surface area contributed by atoms with Gasteiger partial charge in [0.1, 0.15) is 0 Å². The van der Waals surface area contributed by atoms with Crippen molar-refractivity contribution in [2.45, 2.75) is 0 Å². The zero-order chi connectivity index (χ0) is 10.1. The van der Waals surface area contributed by atoms with E-state index in [0.29, 0.717) is 16.3 Å². The molecule has 2 rings (SSSR count). The van der Waals surface area contributed by atoms with Crippen molar-refractivity contribution in [3.05, 3.63) is 33.8 Å². The number of H-pyrrole nitrogens is 1. The lowest BCUT2D eigenvalue weighted by Gasteiger charge is -1.99. The molecule has 0 bridgehead atoms. The Morgan fingerprint density at radius 2 is 2.29 bits per heavy atom. The molecule has 0 saturated carbocycles. The first kappa shape index (κ1) is 8.83. The van der Waals surface area contributed by atoms with Crippen LogP contribution in [-0.2, 0) is 0 Å². The molecule has 1 heterocycles. The van der Waals surface area contributed by atoms with E-state index in [1.54, 1.807) is 18.2 Å². The van der Waals surface area contributed by atoms with Gasteiger partial charge in [-0.15, -0.1) is 5.10 Å². The van der Waals surface area contributed by atoms with Gasteiger partial charge in [0.05, 0.1) is 5.56 Å². The molecule has 0 unspecified atom stereocenters. The summed E-state index contributed by atoms with van der Waals surface area (Å²) >= 11 is 5.71. The number of hydrogen-bond acceptors (Lipinski definition) is 4. The summed E-state index contributed by atoms with van der Waals surface area (Å²) in [5.74, 6) is -0.460. The maximum Gasteiger partial charge on any atom is 0.434 e. The second-order valence-electron chi connectivity index (χ2n) is 2.65. The van der Waals surface area contributed by atoms with Crippen molar-refractivity contribution in [2.75, 3.05) is 5.73 Å². The van der Waals surface area contributed by atoms with E-state index in [4.69, 9.17) is 21.8 Å². The van der Waals surface area contributed by atoms with Gasteiger partial charge >= 0.3 is 5.76 Å². The van der Waals surface area contributed by atoms with Crippen LogP contribution < -0.4 is 11.5 Å². The predicted octanol–water partition coefficient (Wildman–Crippen LogP) is 1.27. The summed E-state index contributed by atoms with van der Waals surface area (Å²) in [7, 11) is 0.